The summed E-state index contributed by atoms with van der Waals surface area (Å²) in [5.74, 6) is 1.13. The largest absolute Gasteiger partial charge is 0.497 e. The lowest BCUT2D eigenvalue weighted by molar-refractivity contribution is 0.0588. The molecule has 1 atom stereocenters. The van der Waals surface area contributed by atoms with Crippen LogP contribution in [0.25, 0.3) is 6.08 Å². The van der Waals surface area contributed by atoms with Crippen LogP contribution in [0.4, 0.5) is 15.0 Å². The van der Waals surface area contributed by atoms with E-state index in [4.69, 9.17) is 14.2 Å². The smallest absolute Gasteiger partial charge is 0.415 e. The number of rotatable bonds is 5. The van der Waals surface area contributed by atoms with Gasteiger partial charge in [-0.15, -0.1) is 0 Å². The van der Waals surface area contributed by atoms with Gasteiger partial charge < -0.3 is 14.2 Å². The van der Waals surface area contributed by atoms with Crippen LogP contribution in [0.5, 0.6) is 11.5 Å². The summed E-state index contributed by atoms with van der Waals surface area (Å²) in [6.07, 6.45) is 7.22. The minimum Gasteiger partial charge on any atom is -0.497 e. The summed E-state index contributed by atoms with van der Waals surface area (Å²) in [6.45, 7) is 7.29. The number of amides is 1. The van der Waals surface area contributed by atoms with Gasteiger partial charge in [-0.3, -0.25) is 4.90 Å². The van der Waals surface area contributed by atoms with Crippen molar-refractivity contribution < 1.29 is 23.4 Å². The number of halogens is 1. The Hall–Kier alpha value is -3.35. The SMILES string of the molecule is COc1ccc2c(c1)CC(C)(/C=C/C=C/c1ccc(N(C)C(=O)OC(C)(C)C)nc1F)O2. The molecule has 0 aliphatic carbocycles. The highest BCUT2D eigenvalue weighted by Crippen LogP contribution is 2.37. The maximum atomic E-state index is 14.5. The number of fused-ring (bicyclic) bond motifs is 1. The summed E-state index contributed by atoms with van der Waals surface area (Å²) in [7, 11) is 3.13. The molecule has 3 rings (SSSR count). The number of hydrogen-bond donors (Lipinski definition) is 0. The van der Waals surface area contributed by atoms with Gasteiger partial charge >= 0.3 is 6.09 Å². The van der Waals surface area contributed by atoms with Gasteiger partial charge in [0.15, 0.2) is 0 Å². The Balaban J connectivity index is 1.64. The molecule has 0 bridgehead atoms. The summed E-state index contributed by atoms with van der Waals surface area (Å²) in [5, 5.41) is 0. The van der Waals surface area contributed by atoms with Gasteiger partial charge in [-0.05, 0) is 64.1 Å². The standard InChI is InChI=1S/C25H29FN2O4/c1-24(2,3)32-23(29)28(5)21-13-10-17(22(26)27-21)9-7-8-14-25(4)16-18-15-19(30-6)11-12-20(18)31-25/h7-15H,16H2,1-6H3/b9-7+,14-8+. The summed E-state index contributed by atoms with van der Waals surface area (Å²) >= 11 is 0. The molecule has 0 fully saturated rings. The molecule has 32 heavy (non-hydrogen) atoms. The lowest BCUT2D eigenvalue weighted by Crippen LogP contribution is -2.34. The molecule has 2 aromatic rings. The molecule has 1 aliphatic heterocycles. The molecule has 0 spiro atoms. The summed E-state index contributed by atoms with van der Waals surface area (Å²) in [6, 6.07) is 8.88. The number of hydrogen-bond acceptors (Lipinski definition) is 5. The number of ether oxygens (including phenoxy) is 3. The zero-order chi connectivity index (χ0) is 23.5. The van der Waals surface area contributed by atoms with E-state index in [0.717, 1.165) is 17.1 Å². The second-order valence-corrected chi connectivity index (χ2v) is 8.87. The average Bonchev–Trinajstić information content (AvgIpc) is 3.05. The quantitative estimate of drug-likeness (QED) is 0.450. The number of anilines is 1. The Morgan fingerprint density at radius 2 is 2.00 bits per heavy atom. The first-order valence-electron chi connectivity index (χ1n) is 10.3. The van der Waals surface area contributed by atoms with Crippen molar-refractivity contribution in [3.05, 3.63) is 65.6 Å². The zero-order valence-corrected chi connectivity index (χ0v) is 19.3. The van der Waals surface area contributed by atoms with Gasteiger partial charge in [0, 0.05) is 24.6 Å². The molecule has 0 radical (unpaired) electrons. The molecule has 0 N–H and O–H groups in total. The Morgan fingerprint density at radius 1 is 1.25 bits per heavy atom. The van der Waals surface area contributed by atoms with Crippen molar-refractivity contribution in [2.24, 2.45) is 0 Å². The lowest BCUT2D eigenvalue weighted by atomic mass is 9.98. The van der Waals surface area contributed by atoms with Crippen molar-refractivity contribution in [2.75, 3.05) is 19.1 Å². The molecule has 6 nitrogen and oxygen atoms in total. The second-order valence-electron chi connectivity index (χ2n) is 8.87. The Morgan fingerprint density at radius 3 is 2.66 bits per heavy atom. The molecule has 0 saturated carbocycles. The van der Waals surface area contributed by atoms with Gasteiger partial charge in [0.25, 0.3) is 0 Å². The fourth-order valence-corrected chi connectivity index (χ4v) is 3.27. The number of carbonyl (C=O) groups is 1. The summed E-state index contributed by atoms with van der Waals surface area (Å²) < 4.78 is 31.1. The molecular formula is C25H29FN2O4. The molecular weight excluding hydrogens is 411 g/mol. The normalized spacial score (nSPS) is 18.0. The van der Waals surface area contributed by atoms with Gasteiger partial charge in [-0.1, -0.05) is 18.2 Å². The van der Waals surface area contributed by atoms with Crippen molar-refractivity contribution in [1.82, 2.24) is 4.98 Å². The number of methoxy groups -OCH3 is 1. The van der Waals surface area contributed by atoms with Gasteiger partial charge in [-0.25, -0.2) is 9.78 Å². The predicted molar refractivity (Wildman–Crippen MR) is 123 cm³/mol. The molecule has 170 valence electrons. The van der Waals surface area contributed by atoms with Crippen LogP contribution in [0.2, 0.25) is 0 Å². The topological polar surface area (TPSA) is 60.9 Å². The fraction of sp³-hybridized carbons (Fsp3) is 0.360. The second kappa shape index (κ2) is 9.02. The van der Waals surface area contributed by atoms with Crippen LogP contribution in [0, 0.1) is 5.95 Å². The van der Waals surface area contributed by atoms with Gasteiger partial charge in [0.2, 0.25) is 5.95 Å². The average molecular weight is 441 g/mol. The summed E-state index contributed by atoms with van der Waals surface area (Å²) in [4.78, 5) is 17.2. The molecule has 1 unspecified atom stereocenters. The van der Waals surface area contributed by atoms with Crippen molar-refractivity contribution in [3.63, 3.8) is 0 Å². The highest BCUT2D eigenvalue weighted by atomic mass is 19.1. The number of allylic oxidation sites excluding steroid dienone is 2. The van der Waals surface area contributed by atoms with E-state index in [2.05, 4.69) is 4.98 Å². The van der Waals surface area contributed by atoms with Crippen LogP contribution < -0.4 is 14.4 Å². The van der Waals surface area contributed by atoms with Crippen LogP contribution in [0.3, 0.4) is 0 Å². The van der Waals surface area contributed by atoms with Crippen LogP contribution in [-0.4, -0.2) is 36.4 Å². The monoisotopic (exact) mass is 440 g/mol. The summed E-state index contributed by atoms with van der Waals surface area (Å²) in [5.41, 5.74) is 0.254. The van der Waals surface area contributed by atoms with E-state index in [9.17, 15) is 9.18 Å². The molecule has 1 aromatic carbocycles. The van der Waals surface area contributed by atoms with Crippen LogP contribution in [-0.2, 0) is 11.2 Å². The van der Waals surface area contributed by atoms with Crippen molar-refractivity contribution >= 4 is 18.0 Å². The number of carbonyl (C=O) groups excluding carboxylic acids is 1. The zero-order valence-electron chi connectivity index (χ0n) is 19.3. The first-order valence-corrected chi connectivity index (χ1v) is 10.3. The van der Waals surface area contributed by atoms with E-state index in [1.54, 1.807) is 52.2 Å². The Bertz CT molecular complexity index is 1060. The van der Waals surface area contributed by atoms with Crippen molar-refractivity contribution in [1.29, 1.82) is 0 Å². The first kappa shape index (κ1) is 23.3. The lowest BCUT2D eigenvalue weighted by Gasteiger charge is -2.24. The minimum atomic E-state index is -0.676. The van der Waals surface area contributed by atoms with Crippen LogP contribution in [0.1, 0.15) is 38.8 Å². The third-order valence-electron chi connectivity index (χ3n) is 4.86. The van der Waals surface area contributed by atoms with E-state index in [0.29, 0.717) is 12.0 Å². The van der Waals surface area contributed by atoms with E-state index in [1.807, 2.05) is 37.3 Å². The van der Waals surface area contributed by atoms with Gasteiger partial charge in [-0.2, -0.15) is 4.39 Å². The molecule has 2 heterocycles. The van der Waals surface area contributed by atoms with Crippen molar-refractivity contribution in [2.45, 2.75) is 45.3 Å². The van der Waals surface area contributed by atoms with E-state index in [-0.39, 0.29) is 5.82 Å². The van der Waals surface area contributed by atoms with E-state index in [1.165, 1.54) is 11.9 Å². The number of benzene rings is 1. The molecule has 1 amide bonds. The highest BCUT2D eigenvalue weighted by Gasteiger charge is 2.32. The maximum Gasteiger partial charge on any atom is 0.415 e. The van der Waals surface area contributed by atoms with Crippen LogP contribution in [0.15, 0.2) is 48.6 Å². The van der Waals surface area contributed by atoms with E-state index < -0.39 is 23.2 Å². The molecule has 0 saturated heterocycles. The molecule has 7 heteroatoms. The Labute approximate surface area is 188 Å². The van der Waals surface area contributed by atoms with Gasteiger partial charge in [0.1, 0.15) is 28.5 Å². The fourth-order valence-electron chi connectivity index (χ4n) is 3.27. The minimum absolute atomic E-state index is 0.171. The first-order chi connectivity index (χ1) is 15.0. The third-order valence-corrected chi connectivity index (χ3v) is 4.86. The number of nitrogens with zero attached hydrogens (tertiary/aromatic N) is 2. The number of pyridine rings is 1. The van der Waals surface area contributed by atoms with Crippen molar-refractivity contribution in [3.8, 4) is 11.5 Å². The Kier molecular flexibility index (Phi) is 6.57. The predicted octanol–water partition coefficient (Wildman–Crippen LogP) is 5.56. The van der Waals surface area contributed by atoms with E-state index >= 15 is 0 Å². The maximum absolute atomic E-state index is 14.5. The molecule has 1 aromatic heterocycles. The third kappa shape index (κ3) is 5.66. The molecule has 1 aliphatic rings. The van der Waals surface area contributed by atoms with Gasteiger partial charge in [0.05, 0.1) is 7.11 Å². The van der Waals surface area contributed by atoms with Crippen LogP contribution >= 0.6 is 0 Å². The highest BCUT2D eigenvalue weighted by molar-refractivity contribution is 5.86. The number of aromatic nitrogens is 1.